The Hall–Kier alpha value is -2.53. The zero-order chi connectivity index (χ0) is 24.9. The number of hydrogen-bond donors (Lipinski definition) is 5. The molecule has 3 aliphatic rings. The number of aromatic nitrogens is 2. The van der Waals surface area contributed by atoms with Crippen molar-refractivity contribution >= 4 is 39.6 Å². The molecule has 2 fully saturated rings. The van der Waals surface area contributed by atoms with Crippen molar-refractivity contribution in [3.63, 3.8) is 0 Å². The van der Waals surface area contributed by atoms with E-state index < -0.39 is 51.2 Å². The van der Waals surface area contributed by atoms with Crippen LogP contribution in [0.3, 0.4) is 0 Å². The van der Waals surface area contributed by atoms with Crippen LogP contribution < -0.4 is 15.8 Å². The quantitative estimate of drug-likeness (QED) is 0.236. The first kappa shape index (κ1) is 24.6. The molecule has 4 heterocycles. The monoisotopic (exact) mass is 516 g/mol. The Morgan fingerprint density at radius 3 is 2.74 bits per heavy atom. The van der Waals surface area contributed by atoms with Gasteiger partial charge < -0.3 is 30.3 Å². The summed E-state index contributed by atoms with van der Waals surface area (Å²) in [4.78, 5) is 42.3. The molecule has 0 aliphatic carbocycles. The lowest BCUT2D eigenvalue weighted by Gasteiger charge is -2.46. The third-order valence-corrected chi connectivity index (χ3v) is 8.32. The van der Waals surface area contributed by atoms with E-state index in [1.54, 1.807) is 0 Å². The van der Waals surface area contributed by atoms with Crippen LogP contribution in [0.25, 0.3) is 0 Å². The first-order valence-corrected chi connectivity index (χ1v) is 12.8. The fourth-order valence-electron chi connectivity index (χ4n) is 4.56. The Labute approximate surface area is 198 Å². The number of nitrogens with two attached hydrogens (primary N) is 1. The molecule has 2 saturated heterocycles. The highest BCUT2D eigenvalue weighted by Crippen LogP contribution is 2.51. The van der Waals surface area contributed by atoms with Crippen LogP contribution in [-0.4, -0.2) is 81.4 Å². The van der Waals surface area contributed by atoms with Gasteiger partial charge in [0.25, 0.3) is 10.0 Å². The van der Waals surface area contributed by atoms with E-state index in [9.17, 15) is 33.0 Å². The molecule has 186 valence electrons. The minimum atomic E-state index is -4.11. The van der Waals surface area contributed by atoms with Gasteiger partial charge in [0.05, 0.1) is 30.7 Å². The molecule has 14 nitrogen and oxygen atoms in total. The third-order valence-electron chi connectivity index (χ3n) is 6.13. The van der Waals surface area contributed by atoms with E-state index in [0.29, 0.717) is 17.9 Å². The highest BCUT2D eigenvalue weighted by molar-refractivity contribution is 8.03. The Morgan fingerprint density at radius 2 is 2.15 bits per heavy atom. The van der Waals surface area contributed by atoms with Crippen LogP contribution in [0.15, 0.2) is 20.3 Å². The third kappa shape index (κ3) is 4.31. The second-order valence-electron chi connectivity index (χ2n) is 8.44. The van der Waals surface area contributed by atoms with E-state index in [1.807, 2.05) is 6.92 Å². The van der Waals surface area contributed by atoms with Crippen molar-refractivity contribution < 1.29 is 37.5 Å². The molecule has 0 radical (unpaired) electrons. The highest BCUT2D eigenvalue weighted by Gasteiger charge is 2.60. The Kier molecular flexibility index (Phi) is 6.45. The van der Waals surface area contributed by atoms with Gasteiger partial charge in [-0.1, -0.05) is 6.92 Å². The molecule has 0 aromatic carbocycles. The van der Waals surface area contributed by atoms with Gasteiger partial charge in [-0.25, -0.2) is 18.4 Å². The van der Waals surface area contributed by atoms with Crippen molar-refractivity contribution in [3.8, 4) is 0 Å². The topological polar surface area (TPSA) is 218 Å². The number of carbonyl (C=O) groups excluding carboxylic acids is 2. The number of sulfonamides is 1. The summed E-state index contributed by atoms with van der Waals surface area (Å²) in [5.74, 6) is -2.99. The van der Waals surface area contributed by atoms with Crippen LogP contribution in [0, 0.1) is 11.8 Å². The van der Waals surface area contributed by atoms with E-state index in [0.717, 1.165) is 0 Å². The second-order valence-corrected chi connectivity index (χ2v) is 11.2. The molecule has 1 aromatic heterocycles. The Bertz CT molecular complexity index is 1160. The molecule has 0 unspecified atom stereocenters. The SMILES string of the molecule is C[C@@H](O)[C@H]1C(=O)N2C(C(=O)O)=C(S[C@@H]3CN[C@H](C(=O)NCc4nc(S(N)(=O)=O)no4)C3)[C@H](C)[C@H]12. The van der Waals surface area contributed by atoms with Crippen molar-refractivity contribution in [3.05, 3.63) is 16.5 Å². The molecule has 16 heteroatoms. The summed E-state index contributed by atoms with van der Waals surface area (Å²) >= 11 is 1.32. The molecule has 0 spiro atoms. The van der Waals surface area contributed by atoms with Crippen LogP contribution in [0.5, 0.6) is 0 Å². The number of carboxylic acids is 1. The number of carbonyl (C=O) groups is 3. The molecule has 0 bridgehead atoms. The molecular weight excluding hydrogens is 492 g/mol. The maximum Gasteiger partial charge on any atom is 0.353 e. The smallest absolute Gasteiger partial charge is 0.353 e. The number of nitrogens with zero attached hydrogens (tertiary/aromatic N) is 3. The maximum atomic E-state index is 12.5. The molecule has 4 rings (SSSR count). The first-order chi connectivity index (χ1) is 15.9. The molecule has 6 N–H and O–H groups in total. The number of thioether (sulfide) groups is 1. The van der Waals surface area contributed by atoms with Crippen molar-refractivity contribution in [1.29, 1.82) is 0 Å². The fraction of sp³-hybridized carbons (Fsp3) is 0.611. The Balaban J connectivity index is 1.37. The summed E-state index contributed by atoms with van der Waals surface area (Å²) in [5, 5.41) is 32.7. The largest absolute Gasteiger partial charge is 0.477 e. The zero-order valence-electron chi connectivity index (χ0n) is 18.2. The average Bonchev–Trinajstić information content (AvgIpc) is 3.44. The van der Waals surface area contributed by atoms with Gasteiger partial charge in [-0.05, 0) is 18.5 Å². The number of β-lactam (4-membered cyclic amide) rings is 1. The number of amides is 2. The standard InChI is InChI=1S/C18H24N6O8S2/c1-6-12-11(7(2)25)16(27)24(12)13(17(28)29)14(6)33-8-3-9(20-4-8)15(26)21-5-10-22-18(23-32-10)34(19,30)31/h6-9,11-12,20,25H,3-5H2,1-2H3,(H,21,26)(H,28,29)(H2,19,30,31)/t6-,7-,8+,9+,11-,12-/m1/s1. The fourth-order valence-corrected chi connectivity index (χ4v) is 6.41. The van der Waals surface area contributed by atoms with Crippen LogP contribution >= 0.6 is 11.8 Å². The van der Waals surface area contributed by atoms with Gasteiger partial charge in [-0.2, -0.15) is 4.98 Å². The summed E-state index contributed by atoms with van der Waals surface area (Å²) in [6, 6.07) is -0.973. The number of aliphatic carboxylic acids is 1. The molecule has 2 amide bonds. The van der Waals surface area contributed by atoms with Crippen LogP contribution in [0.1, 0.15) is 26.2 Å². The van der Waals surface area contributed by atoms with Gasteiger partial charge in [0, 0.05) is 22.6 Å². The van der Waals surface area contributed by atoms with E-state index >= 15 is 0 Å². The zero-order valence-corrected chi connectivity index (χ0v) is 19.8. The van der Waals surface area contributed by atoms with Gasteiger partial charge >= 0.3 is 11.1 Å². The molecular formula is C18H24N6O8S2. The Morgan fingerprint density at radius 1 is 1.44 bits per heavy atom. The summed E-state index contributed by atoms with van der Waals surface area (Å²) in [7, 11) is -4.11. The normalized spacial score (nSPS) is 29.7. The lowest BCUT2D eigenvalue weighted by molar-refractivity contribution is -0.163. The van der Waals surface area contributed by atoms with Crippen LogP contribution in [-0.2, 0) is 31.0 Å². The number of carboxylic acid groups (broad SMARTS) is 1. The van der Waals surface area contributed by atoms with Crippen molar-refractivity contribution in [1.82, 2.24) is 25.7 Å². The van der Waals surface area contributed by atoms with Gasteiger partial charge in [-0.3, -0.25) is 9.59 Å². The van der Waals surface area contributed by atoms with Crippen LogP contribution in [0.2, 0.25) is 0 Å². The van der Waals surface area contributed by atoms with E-state index in [1.165, 1.54) is 23.6 Å². The minimum Gasteiger partial charge on any atom is -0.477 e. The number of fused-ring (bicyclic) bond motifs is 1. The summed E-state index contributed by atoms with van der Waals surface area (Å²) in [6.45, 7) is 3.60. The number of rotatable bonds is 8. The molecule has 6 atom stereocenters. The lowest BCUT2D eigenvalue weighted by atomic mass is 9.79. The lowest BCUT2D eigenvalue weighted by Crippen LogP contribution is -2.63. The van der Waals surface area contributed by atoms with Gasteiger partial charge in [-0.15, -0.1) is 11.8 Å². The number of hydrogen-bond acceptors (Lipinski definition) is 11. The molecule has 34 heavy (non-hydrogen) atoms. The number of aliphatic hydroxyl groups excluding tert-OH is 1. The van der Waals surface area contributed by atoms with Crippen molar-refractivity contribution in [2.24, 2.45) is 17.0 Å². The molecule has 0 saturated carbocycles. The van der Waals surface area contributed by atoms with E-state index in [2.05, 4.69) is 20.8 Å². The predicted molar refractivity (Wildman–Crippen MR) is 115 cm³/mol. The first-order valence-electron chi connectivity index (χ1n) is 10.4. The second kappa shape index (κ2) is 8.92. The summed E-state index contributed by atoms with van der Waals surface area (Å²) in [6.07, 6.45) is -0.485. The number of nitrogens with one attached hydrogen (secondary N) is 2. The van der Waals surface area contributed by atoms with Gasteiger partial charge in [0.1, 0.15) is 5.70 Å². The van der Waals surface area contributed by atoms with E-state index in [-0.39, 0.29) is 35.2 Å². The highest BCUT2D eigenvalue weighted by atomic mass is 32.2. The summed E-state index contributed by atoms with van der Waals surface area (Å²) < 4.78 is 27.1. The van der Waals surface area contributed by atoms with E-state index in [4.69, 9.17) is 9.66 Å². The molecule has 1 aromatic rings. The minimum absolute atomic E-state index is 0.0562. The maximum absolute atomic E-state index is 12.5. The summed E-state index contributed by atoms with van der Waals surface area (Å²) in [5.41, 5.74) is -0.0562. The van der Waals surface area contributed by atoms with Gasteiger partial charge in [0.2, 0.25) is 17.7 Å². The number of aliphatic hydroxyl groups is 1. The van der Waals surface area contributed by atoms with Crippen molar-refractivity contribution in [2.45, 2.75) is 55.4 Å². The van der Waals surface area contributed by atoms with Crippen LogP contribution in [0.4, 0.5) is 0 Å². The van der Waals surface area contributed by atoms with Gasteiger partial charge in [0.15, 0.2) is 0 Å². The van der Waals surface area contributed by atoms with Crippen molar-refractivity contribution in [2.75, 3.05) is 6.54 Å². The molecule has 3 aliphatic heterocycles. The number of primary sulfonamides is 1. The predicted octanol–water partition coefficient (Wildman–Crippen LogP) is -2.05. The average molecular weight is 517 g/mol.